The van der Waals surface area contributed by atoms with Crippen molar-refractivity contribution < 1.29 is 19.8 Å². The second-order valence-corrected chi connectivity index (χ2v) is 9.66. The zero-order valence-corrected chi connectivity index (χ0v) is 19.0. The lowest BCUT2D eigenvalue weighted by Gasteiger charge is -2.47. The Morgan fingerprint density at radius 2 is 1.90 bits per heavy atom. The van der Waals surface area contributed by atoms with Gasteiger partial charge in [-0.1, -0.05) is 37.6 Å². The van der Waals surface area contributed by atoms with Gasteiger partial charge in [0.1, 0.15) is 0 Å². The van der Waals surface area contributed by atoms with Crippen molar-refractivity contribution in [1.29, 1.82) is 0 Å². The number of rotatable bonds is 9. The summed E-state index contributed by atoms with van der Waals surface area (Å²) < 4.78 is 0. The Labute approximate surface area is 183 Å². The number of carbonyl (C=O) groups is 2. The van der Waals surface area contributed by atoms with Crippen LogP contribution in [0.2, 0.25) is 5.02 Å². The Bertz CT molecular complexity index is 756. The zero-order valence-electron chi connectivity index (χ0n) is 18.2. The van der Waals surface area contributed by atoms with Crippen molar-refractivity contribution in [2.75, 3.05) is 24.5 Å². The quantitative estimate of drug-likeness (QED) is 0.546. The van der Waals surface area contributed by atoms with Gasteiger partial charge < -0.3 is 20.8 Å². The Hall–Kier alpha value is -1.67. The molecule has 3 atom stereocenters. The van der Waals surface area contributed by atoms with Gasteiger partial charge in [0.25, 0.3) is 0 Å². The number of carboxylic acid groups (broad SMARTS) is 1. The first kappa shape index (κ1) is 24.6. The minimum absolute atomic E-state index is 0.0904. The maximum atomic E-state index is 12.8. The number of aliphatic hydroxyl groups excluding tert-OH is 1. The third-order valence-electron chi connectivity index (χ3n) is 5.73. The smallest absolute Gasteiger partial charge is 0.306 e. The van der Waals surface area contributed by atoms with E-state index in [2.05, 4.69) is 0 Å². The molecule has 1 aliphatic heterocycles. The van der Waals surface area contributed by atoms with Gasteiger partial charge >= 0.3 is 5.97 Å². The molecule has 7 nitrogen and oxygen atoms in total. The first-order valence-corrected chi connectivity index (χ1v) is 10.8. The molecule has 0 saturated carbocycles. The van der Waals surface area contributed by atoms with Crippen LogP contribution in [0, 0.1) is 11.8 Å². The van der Waals surface area contributed by atoms with Crippen molar-refractivity contribution in [3.05, 3.63) is 29.3 Å². The van der Waals surface area contributed by atoms with Crippen LogP contribution in [0.5, 0.6) is 0 Å². The van der Waals surface area contributed by atoms with E-state index in [1.54, 1.807) is 11.0 Å². The summed E-state index contributed by atoms with van der Waals surface area (Å²) in [6, 6.07) is 6.59. The average Bonchev–Trinajstić information content (AvgIpc) is 2.64. The van der Waals surface area contributed by atoms with E-state index in [0.717, 1.165) is 0 Å². The molecule has 0 spiro atoms. The van der Waals surface area contributed by atoms with E-state index < -0.39 is 29.6 Å². The standard InChI is InChI=1S/C22H34ClN3O4/c1-14(2)9-15(21(29)30)10-19(27)17(24)11-25-12-20(28)26(13-22(25,3)4)18-8-6-5-7-16(18)23/h5-8,14-15,17,19,27H,9-13,24H2,1-4H3,(H,29,30). The van der Waals surface area contributed by atoms with E-state index in [4.69, 9.17) is 17.3 Å². The van der Waals surface area contributed by atoms with Crippen LogP contribution in [0.3, 0.4) is 0 Å². The van der Waals surface area contributed by atoms with Crippen LogP contribution in [0.4, 0.5) is 5.69 Å². The number of piperazine rings is 1. The minimum atomic E-state index is -0.961. The predicted octanol–water partition coefficient (Wildman–Crippen LogP) is 2.59. The van der Waals surface area contributed by atoms with Gasteiger partial charge in [-0.3, -0.25) is 14.5 Å². The molecular formula is C22H34ClN3O4. The lowest BCUT2D eigenvalue weighted by Crippen LogP contribution is -2.64. The molecule has 168 valence electrons. The highest BCUT2D eigenvalue weighted by Gasteiger charge is 2.40. The summed E-state index contributed by atoms with van der Waals surface area (Å²) in [5, 5.41) is 20.5. The van der Waals surface area contributed by atoms with Gasteiger partial charge in [0.05, 0.1) is 29.3 Å². The first-order valence-electron chi connectivity index (χ1n) is 10.4. The molecule has 2 rings (SSSR count). The molecule has 8 heteroatoms. The van der Waals surface area contributed by atoms with Gasteiger partial charge in [-0.25, -0.2) is 0 Å². The van der Waals surface area contributed by atoms with Crippen molar-refractivity contribution in [2.45, 2.75) is 58.2 Å². The molecule has 0 radical (unpaired) electrons. The highest BCUT2D eigenvalue weighted by Crippen LogP contribution is 2.31. The zero-order chi connectivity index (χ0) is 22.6. The van der Waals surface area contributed by atoms with Crippen molar-refractivity contribution in [3.63, 3.8) is 0 Å². The Morgan fingerprint density at radius 3 is 2.47 bits per heavy atom. The average molecular weight is 440 g/mol. The number of carboxylic acids is 1. The summed E-state index contributed by atoms with van der Waals surface area (Å²) in [7, 11) is 0. The molecule has 3 unspecified atom stereocenters. The van der Waals surface area contributed by atoms with Crippen LogP contribution >= 0.6 is 11.6 Å². The molecule has 0 aliphatic carbocycles. The summed E-state index contributed by atoms with van der Waals surface area (Å²) in [5.41, 5.74) is 6.52. The third-order valence-corrected chi connectivity index (χ3v) is 6.05. The van der Waals surface area contributed by atoms with Crippen LogP contribution < -0.4 is 10.6 Å². The summed E-state index contributed by atoms with van der Waals surface area (Å²) in [5.74, 6) is -1.44. The molecule has 30 heavy (non-hydrogen) atoms. The van der Waals surface area contributed by atoms with E-state index in [9.17, 15) is 19.8 Å². The number of anilines is 1. The maximum Gasteiger partial charge on any atom is 0.306 e. The summed E-state index contributed by atoms with van der Waals surface area (Å²) in [4.78, 5) is 28.0. The molecule has 0 bridgehead atoms. The normalized spacial score (nSPS) is 20.3. The van der Waals surface area contributed by atoms with E-state index >= 15 is 0 Å². The summed E-state index contributed by atoms with van der Waals surface area (Å²) >= 11 is 6.28. The molecule has 0 aromatic heterocycles. The highest BCUT2D eigenvalue weighted by atomic mass is 35.5. The van der Waals surface area contributed by atoms with Crippen LogP contribution in [0.15, 0.2) is 24.3 Å². The van der Waals surface area contributed by atoms with Crippen LogP contribution in [0.25, 0.3) is 0 Å². The van der Waals surface area contributed by atoms with E-state index in [1.807, 2.05) is 50.8 Å². The largest absolute Gasteiger partial charge is 0.481 e. The monoisotopic (exact) mass is 439 g/mol. The summed E-state index contributed by atoms with van der Waals surface area (Å²) in [6.07, 6.45) is -0.375. The number of benzene rings is 1. The van der Waals surface area contributed by atoms with Crippen LogP contribution in [-0.2, 0) is 9.59 Å². The Balaban J connectivity index is 2.05. The number of nitrogens with zero attached hydrogens (tertiary/aromatic N) is 2. The molecule has 1 heterocycles. The number of aliphatic carboxylic acids is 1. The number of halogens is 1. The number of para-hydroxylation sites is 1. The third kappa shape index (κ3) is 6.17. The second kappa shape index (κ2) is 10.1. The van der Waals surface area contributed by atoms with E-state index in [1.165, 1.54) is 0 Å². The summed E-state index contributed by atoms with van der Waals surface area (Å²) in [6.45, 7) is 8.81. The van der Waals surface area contributed by atoms with Gasteiger partial charge in [-0.05, 0) is 44.7 Å². The Kier molecular flexibility index (Phi) is 8.27. The van der Waals surface area contributed by atoms with Crippen molar-refractivity contribution in [1.82, 2.24) is 4.90 Å². The number of hydrogen-bond donors (Lipinski definition) is 3. The maximum absolute atomic E-state index is 12.8. The molecule has 1 fully saturated rings. The molecule has 1 aromatic carbocycles. The van der Waals surface area contributed by atoms with Gasteiger partial charge in [-0.15, -0.1) is 0 Å². The lowest BCUT2D eigenvalue weighted by molar-refractivity contribution is -0.143. The molecule has 1 saturated heterocycles. The van der Waals surface area contributed by atoms with Gasteiger partial charge in [0.2, 0.25) is 5.91 Å². The SMILES string of the molecule is CC(C)CC(CC(O)C(N)CN1CC(=O)N(c2ccccc2Cl)CC1(C)C)C(=O)O. The predicted molar refractivity (Wildman–Crippen MR) is 119 cm³/mol. The topological polar surface area (TPSA) is 107 Å². The van der Waals surface area contributed by atoms with Crippen molar-refractivity contribution >= 4 is 29.2 Å². The van der Waals surface area contributed by atoms with Crippen molar-refractivity contribution in [2.24, 2.45) is 17.6 Å². The van der Waals surface area contributed by atoms with Crippen LogP contribution in [-0.4, -0.2) is 64.3 Å². The second-order valence-electron chi connectivity index (χ2n) is 9.26. The fourth-order valence-corrected chi connectivity index (χ4v) is 4.19. The fourth-order valence-electron chi connectivity index (χ4n) is 3.95. The molecule has 1 aliphatic rings. The van der Waals surface area contributed by atoms with E-state index in [-0.39, 0.29) is 24.8 Å². The van der Waals surface area contributed by atoms with Gasteiger partial charge in [0, 0.05) is 24.7 Å². The Morgan fingerprint density at radius 1 is 1.27 bits per heavy atom. The molecular weight excluding hydrogens is 406 g/mol. The number of aliphatic hydroxyl groups is 1. The first-order chi connectivity index (χ1) is 13.9. The van der Waals surface area contributed by atoms with E-state index in [0.29, 0.717) is 30.2 Å². The fraction of sp³-hybridized carbons (Fsp3) is 0.636. The van der Waals surface area contributed by atoms with Gasteiger partial charge in [-0.2, -0.15) is 0 Å². The number of carbonyl (C=O) groups excluding carboxylic acids is 1. The molecule has 1 amide bonds. The number of nitrogens with two attached hydrogens (primary N) is 1. The molecule has 4 N–H and O–H groups in total. The number of amides is 1. The molecule has 1 aromatic rings. The highest BCUT2D eigenvalue weighted by molar-refractivity contribution is 6.33. The number of hydrogen-bond acceptors (Lipinski definition) is 5. The van der Waals surface area contributed by atoms with Crippen LogP contribution in [0.1, 0.15) is 40.5 Å². The van der Waals surface area contributed by atoms with Gasteiger partial charge in [0.15, 0.2) is 0 Å². The van der Waals surface area contributed by atoms with Crippen molar-refractivity contribution in [3.8, 4) is 0 Å². The minimum Gasteiger partial charge on any atom is -0.481 e. The lowest BCUT2D eigenvalue weighted by atomic mass is 9.89.